The predicted octanol–water partition coefficient (Wildman–Crippen LogP) is 3.23. The highest BCUT2D eigenvalue weighted by molar-refractivity contribution is 7.22. The number of nitrogens with one attached hydrogen (secondary N) is 1. The third-order valence-electron chi connectivity index (χ3n) is 2.91. The van der Waals surface area contributed by atoms with Gasteiger partial charge >= 0.3 is 0 Å². The summed E-state index contributed by atoms with van der Waals surface area (Å²) in [5.74, 6) is 0.0554. The molecule has 0 spiro atoms. The SMILES string of the molecule is CCN(C)C(=O)C(C)Nc1nc2cc(Cl)ccc2s1. The molecule has 0 saturated carbocycles. The molecular weight excluding hydrogens is 282 g/mol. The van der Waals surface area contributed by atoms with Gasteiger partial charge < -0.3 is 10.2 Å². The van der Waals surface area contributed by atoms with Crippen LogP contribution >= 0.6 is 22.9 Å². The summed E-state index contributed by atoms with van der Waals surface area (Å²) in [5, 5.41) is 4.54. The van der Waals surface area contributed by atoms with Crippen molar-refractivity contribution < 1.29 is 4.79 Å². The van der Waals surface area contributed by atoms with E-state index < -0.39 is 0 Å². The standard InChI is InChI=1S/C13H16ClN3OS/c1-4-17(3)12(18)8(2)15-13-16-10-7-9(14)5-6-11(10)19-13/h5-8H,4H2,1-3H3,(H,15,16). The normalized spacial score (nSPS) is 12.4. The topological polar surface area (TPSA) is 45.2 Å². The fourth-order valence-electron chi connectivity index (χ4n) is 1.70. The number of anilines is 1. The fraction of sp³-hybridized carbons (Fsp3) is 0.385. The maximum atomic E-state index is 12.0. The first-order valence-electron chi connectivity index (χ1n) is 6.09. The molecule has 0 aliphatic rings. The zero-order chi connectivity index (χ0) is 14.0. The number of benzene rings is 1. The molecule has 2 rings (SSSR count). The predicted molar refractivity (Wildman–Crippen MR) is 81.0 cm³/mol. The van der Waals surface area contributed by atoms with Crippen LogP contribution in [0.4, 0.5) is 5.13 Å². The molecule has 1 N–H and O–H groups in total. The molecule has 6 heteroatoms. The van der Waals surface area contributed by atoms with Gasteiger partial charge in [0.15, 0.2) is 5.13 Å². The molecule has 1 amide bonds. The van der Waals surface area contributed by atoms with Crippen LogP contribution in [0.25, 0.3) is 10.2 Å². The largest absolute Gasteiger partial charge is 0.350 e. The minimum atomic E-state index is -0.291. The van der Waals surface area contributed by atoms with Gasteiger partial charge in [-0.15, -0.1) is 0 Å². The van der Waals surface area contributed by atoms with Gasteiger partial charge in [-0.25, -0.2) is 4.98 Å². The van der Waals surface area contributed by atoms with Crippen LogP contribution in [-0.4, -0.2) is 35.4 Å². The highest BCUT2D eigenvalue weighted by Crippen LogP contribution is 2.28. The zero-order valence-electron chi connectivity index (χ0n) is 11.1. The Morgan fingerprint density at radius 1 is 1.58 bits per heavy atom. The molecule has 0 bridgehead atoms. The van der Waals surface area contributed by atoms with Gasteiger partial charge in [0.25, 0.3) is 0 Å². The molecule has 102 valence electrons. The minimum absolute atomic E-state index is 0.0554. The number of aromatic nitrogens is 1. The number of carbonyl (C=O) groups excluding carboxylic acids is 1. The Kier molecular flexibility index (Phi) is 4.27. The van der Waals surface area contributed by atoms with Crippen LogP contribution in [-0.2, 0) is 4.79 Å². The average Bonchev–Trinajstić information content (AvgIpc) is 2.77. The van der Waals surface area contributed by atoms with Gasteiger partial charge in [0, 0.05) is 18.6 Å². The molecule has 0 saturated heterocycles. The lowest BCUT2D eigenvalue weighted by Crippen LogP contribution is -2.38. The van der Waals surface area contributed by atoms with Crippen LogP contribution in [0.2, 0.25) is 5.02 Å². The summed E-state index contributed by atoms with van der Waals surface area (Å²) in [7, 11) is 1.79. The number of amides is 1. The summed E-state index contributed by atoms with van der Waals surface area (Å²) in [6.45, 7) is 4.48. The molecule has 0 fully saturated rings. The van der Waals surface area contributed by atoms with Crippen molar-refractivity contribution in [3.63, 3.8) is 0 Å². The van der Waals surface area contributed by atoms with Gasteiger partial charge in [-0.1, -0.05) is 22.9 Å². The average molecular weight is 298 g/mol. The van der Waals surface area contributed by atoms with E-state index >= 15 is 0 Å². The van der Waals surface area contributed by atoms with Gasteiger partial charge in [0.2, 0.25) is 5.91 Å². The van der Waals surface area contributed by atoms with E-state index in [1.807, 2.05) is 32.0 Å². The summed E-state index contributed by atoms with van der Waals surface area (Å²) in [4.78, 5) is 18.1. The number of hydrogen-bond donors (Lipinski definition) is 1. The highest BCUT2D eigenvalue weighted by atomic mass is 35.5. The van der Waals surface area contributed by atoms with Crippen LogP contribution in [0, 0.1) is 0 Å². The summed E-state index contributed by atoms with van der Waals surface area (Å²) >= 11 is 7.45. The maximum absolute atomic E-state index is 12.0. The lowest BCUT2D eigenvalue weighted by atomic mass is 10.3. The molecule has 2 aromatic rings. The monoisotopic (exact) mass is 297 g/mol. The van der Waals surface area contributed by atoms with E-state index in [0.29, 0.717) is 11.6 Å². The van der Waals surface area contributed by atoms with Crippen LogP contribution in [0.15, 0.2) is 18.2 Å². The number of likely N-dealkylation sites (N-methyl/N-ethyl adjacent to an activating group) is 1. The number of thiazole rings is 1. The first-order valence-corrected chi connectivity index (χ1v) is 7.28. The molecule has 1 aromatic heterocycles. The van der Waals surface area contributed by atoms with E-state index in [1.165, 1.54) is 11.3 Å². The van der Waals surface area contributed by atoms with E-state index in [9.17, 15) is 4.79 Å². The van der Waals surface area contributed by atoms with Crippen molar-refractivity contribution in [2.24, 2.45) is 0 Å². The van der Waals surface area contributed by atoms with Crippen molar-refractivity contribution in [3.8, 4) is 0 Å². The molecule has 0 aliphatic heterocycles. The molecule has 1 unspecified atom stereocenters. The van der Waals surface area contributed by atoms with E-state index in [4.69, 9.17) is 11.6 Å². The summed E-state index contributed by atoms with van der Waals surface area (Å²) in [5.41, 5.74) is 0.850. The minimum Gasteiger partial charge on any atom is -0.350 e. The van der Waals surface area contributed by atoms with E-state index in [0.717, 1.165) is 15.3 Å². The fourth-order valence-corrected chi connectivity index (χ4v) is 2.80. The van der Waals surface area contributed by atoms with Gasteiger partial charge in [-0.3, -0.25) is 4.79 Å². The number of rotatable bonds is 4. The summed E-state index contributed by atoms with van der Waals surface area (Å²) in [6, 6.07) is 5.31. The molecule has 1 atom stereocenters. The highest BCUT2D eigenvalue weighted by Gasteiger charge is 2.17. The second-order valence-electron chi connectivity index (χ2n) is 4.35. The number of hydrogen-bond acceptors (Lipinski definition) is 4. The van der Waals surface area contributed by atoms with Gasteiger partial charge in [-0.2, -0.15) is 0 Å². The van der Waals surface area contributed by atoms with E-state index in [1.54, 1.807) is 11.9 Å². The zero-order valence-corrected chi connectivity index (χ0v) is 12.7. The Bertz CT molecular complexity index is 599. The first-order chi connectivity index (χ1) is 9.01. The molecule has 1 aromatic carbocycles. The Balaban J connectivity index is 2.15. The smallest absolute Gasteiger partial charge is 0.244 e. The first kappa shape index (κ1) is 14.1. The van der Waals surface area contributed by atoms with Gasteiger partial charge in [0.05, 0.1) is 10.2 Å². The lowest BCUT2D eigenvalue weighted by Gasteiger charge is -2.20. The Morgan fingerprint density at radius 2 is 2.32 bits per heavy atom. The third kappa shape index (κ3) is 3.16. The second kappa shape index (κ2) is 5.75. The van der Waals surface area contributed by atoms with E-state index in [-0.39, 0.29) is 11.9 Å². The molecule has 1 heterocycles. The Hall–Kier alpha value is -1.33. The number of carbonyl (C=O) groups is 1. The quantitative estimate of drug-likeness (QED) is 0.942. The second-order valence-corrected chi connectivity index (χ2v) is 5.82. The van der Waals surface area contributed by atoms with Crippen molar-refractivity contribution in [3.05, 3.63) is 23.2 Å². The van der Waals surface area contributed by atoms with Gasteiger partial charge in [-0.05, 0) is 32.0 Å². The summed E-state index contributed by atoms with van der Waals surface area (Å²) in [6.07, 6.45) is 0. The molecule has 0 aliphatic carbocycles. The van der Waals surface area contributed by atoms with E-state index in [2.05, 4.69) is 10.3 Å². The molecule has 19 heavy (non-hydrogen) atoms. The molecule has 0 radical (unpaired) electrons. The van der Waals surface area contributed by atoms with Crippen molar-refractivity contribution in [2.45, 2.75) is 19.9 Å². The summed E-state index contributed by atoms with van der Waals surface area (Å²) < 4.78 is 1.05. The van der Waals surface area contributed by atoms with Crippen molar-refractivity contribution in [1.29, 1.82) is 0 Å². The van der Waals surface area contributed by atoms with Crippen LogP contribution in [0.3, 0.4) is 0 Å². The maximum Gasteiger partial charge on any atom is 0.244 e. The van der Waals surface area contributed by atoms with Crippen molar-refractivity contribution in [1.82, 2.24) is 9.88 Å². The Labute approximate surface area is 121 Å². The van der Waals surface area contributed by atoms with Gasteiger partial charge in [0.1, 0.15) is 6.04 Å². The molecule has 4 nitrogen and oxygen atoms in total. The number of fused-ring (bicyclic) bond motifs is 1. The van der Waals surface area contributed by atoms with Crippen molar-refractivity contribution >= 4 is 44.2 Å². The van der Waals surface area contributed by atoms with Crippen molar-refractivity contribution in [2.75, 3.05) is 18.9 Å². The lowest BCUT2D eigenvalue weighted by molar-refractivity contribution is -0.130. The molecular formula is C13H16ClN3OS. The van der Waals surface area contributed by atoms with Crippen LogP contribution in [0.1, 0.15) is 13.8 Å². The number of halogens is 1. The Morgan fingerprint density at radius 3 is 3.00 bits per heavy atom. The van der Waals surface area contributed by atoms with Crippen LogP contribution in [0.5, 0.6) is 0 Å². The number of nitrogens with zero attached hydrogens (tertiary/aromatic N) is 2. The third-order valence-corrected chi connectivity index (χ3v) is 4.11. The van der Waals surface area contributed by atoms with Crippen LogP contribution < -0.4 is 5.32 Å².